The van der Waals surface area contributed by atoms with Crippen LogP contribution in [0.5, 0.6) is 0 Å². The highest BCUT2D eigenvalue weighted by molar-refractivity contribution is 6.08. The van der Waals surface area contributed by atoms with E-state index >= 15 is 0 Å². The Labute approximate surface area is 121 Å². The number of nitrogens with one attached hydrogen (secondary N) is 1. The molecule has 22 heavy (non-hydrogen) atoms. The van der Waals surface area contributed by atoms with Crippen LogP contribution in [-0.2, 0) is 16.3 Å². The molecule has 1 amide bonds. The maximum Gasteiger partial charge on any atom is 0.471 e. The van der Waals surface area contributed by atoms with Gasteiger partial charge in [0, 0.05) is 12.5 Å². The molecular weight excluding hydrogens is 307 g/mol. The van der Waals surface area contributed by atoms with Crippen molar-refractivity contribution in [2.24, 2.45) is 0 Å². The van der Waals surface area contributed by atoms with Crippen molar-refractivity contribution in [3.63, 3.8) is 0 Å². The van der Waals surface area contributed by atoms with Crippen molar-refractivity contribution in [1.29, 1.82) is 0 Å². The number of carbonyl (C=O) groups excluding carboxylic acids is 1. The SMILES string of the molecule is COCn1nc(C(=O)O)c2cccc(NC(=O)C(F)(F)F)c21. The van der Waals surface area contributed by atoms with Crippen LogP contribution in [-0.4, -0.2) is 40.0 Å². The summed E-state index contributed by atoms with van der Waals surface area (Å²) in [5.41, 5.74) is -0.536. The first-order valence-electron chi connectivity index (χ1n) is 5.85. The smallest absolute Gasteiger partial charge is 0.471 e. The summed E-state index contributed by atoms with van der Waals surface area (Å²) >= 11 is 0. The Balaban J connectivity index is 2.60. The standard InChI is InChI=1S/C12H10F3N3O4/c1-22-5-18-9-6(8(17-18)10(19)20)3-2-4-7(9)16-11(21)12(13,14)15/h2-4H,5H2,1H3,(H,16,21)(H,19,20). The van der Waals surface area contributed by atoms with Crippen LogP contribution in [0.2, 0.25) is 0 Å². The van der Waals surface area contributed by atoms with Crippen molar-refractivity contribution < 1.29 is 32.6 Å². The molecule has 1 aromatic carbocycles. The fourth-order valence-electron chi connectivity index (χ4n) is 1.90. The van der Waals surface area contributed by atoms with E-state index < -0.39 is 18.1 Å². The van der Waals surface area contributed by atoms with Gasteiger partial charge >= 0.3 is 18.1 Å². The predicted octanol–water partition coefficient (Wildman–Crippen LogP) is 1.84. The molecular formula is C12H10F3N3O4. The number of hydrogen-bond donors (Lipinski definition) is 2. The number of carboxylic acid groups (broad SMARTS) is 1. The summed E-state index contributed by atoms with van der Waals surface area (Å²) in [6, 6.07) is 3.91. The first-order valence-corrected chi connectivity index (χ1v) is 5.85. The molecule has 7 nitrogen and oxygen atoms in total. The summed E-state index contributed by atoms with van der Waals surface area (Å²) in [7, 11) is 1.31. The summed E-state index contributed by atoms with van der Waals surface area (Å²) < 4.78 is 43.0. The van der Waals surface area contributed by atoms with Crippen molar-refractivity contribution in [1.82, 2.24) is 9.78 Å². The van der Waals surface area contributed by atoms with Gasteiger partial charge in [-0.25, -0.2) is 9.48 Å². The number of rotatable bonds is 4. The average molecular weight is 317 g/mol. The molecule has 1 heterocycles. The Morgan fingerprint density at radius 3 is 2.64 bits per heavy atom. The van der Waals surface area contributed by atoms with E-state index in [9.17, 15) is 22.8 Å². The highest BCUT2D eigenvalue weighted by atomic mass is 19.4. The Bertz CT molecular complexity index is 739. The molecule has 10 heteroatoms. The van der Waals surface area contributed by atoms with Gasteiger partial charge in [-0.2, -0.15) is 18.3 Å². The van der Waals surface area contributed by atoms with Gasteiger partial charge in [0.2, 0.25) is 0 Å². The van der Waals surface area contributed by atoms with Gasteiger partial charge in [0.05, 0.1) is 11.2 Å². The van der Waals surface area contributed by atoms with Crippen molar-refractivity contribution in [2.45, 2.75) is 12.9 Å². The van der Waals surface area contributed by atoms with Crippen molar-refractivity contribution in [3.05, 3.63) is 23.9 Å². The molecule has 2 rings (SSSR count). The molecule has 0 aliphatic heterocycles. The lowest BCUT2D eigenvalue weighted by Crippen LogP contribution is -2.30. The number of carboxylic acids is 1. The quantitative estimate of drug-likeness (QED) is 0.897. The van der Waals surface area contributed by atoms with Crippen LogP contribution in [0.3, 0.4) is 0 Å². The Kier molecular flexibility index (Phi) is 4.04. The van der Waals surface area contributed by atoms with Gasteiger partial charge in [-0.3, -0.25) is 4.79 Å². The first-order chi connectivity index (χ1) is 10.3. The van der Waals surface area contributed by atoms with E-state index in [0.717, 1.165) is 4.68 Å². The molecule has 0 bridgehead atoms. The van der Waals surface area contributed by atoms with Gasteiger partial charge in [-0.05, 0) is 6.07 Å². The number of nitrogens with zero attached hydrogens (tertiary/aromatic N) is 2. The molecule has 1 aromatic heterocycles. The second-order valence-corrected chi connectivity index (χ2v) is 4.22. The number of alkyl halides is 3. The fourth-order valence-corrected chi connectivity index (χ4v) is 1.90. The molecule has 0 radical (unpaired) electrons. The number of ether oxygens (including phenoxy) is 1. The lowest BCUT2D eigenvalue weighted by atomic mass is 10.2. The maximum atomic E-state index is 12.4. The molecule has 2 N–H and O–H groups in total. The zero-order valence-electron chi connectivity index (χ0n) is 11.1. The van der Waals surface area contributed by atoms with Gasteiger partial charge in [0.25, 0.3) is 0 Å². The molecule has 0 aliphatic rings. The first kappa shape index (κ1) is 15.8. The number of aromatic nitrogens is 2. The summed E-state index contributed by atoms with van der Waals surface area (Å²) in [6.45, 7) is -0.192. The summed E-state index contributed by atoms with van der Waals surface area (Å²) in [6.07, 6.45) is -5.07. The second-order valence-electron chi connectivity index (χ2n) is 4.22. The number of aromatic carboxylic acids is 1. The minimum absolute atomic E-state index is 0.0272. The van der Waals surface area contributed by atoms with Crippen LogP contribution >= 0.6 is 0 Å². The third kappa shape index (κ3) is 2.86. The van der Waals surface area contributed by atoms with Crippen LogP contribution in [0.15, 0.2) is 18.2 Å². The molecule has 0 saturated carbocycles. The summed E-state index contributed by atoms with van der Waals surface area (Å²) in [5, 5.41) is 14.6. The third-order valence-corrected chi connectivity index (χ3v) is 2.73. The van der Waals surface area contributed by atoms with Gasteiger partial charge in [-0.15, -0.1) is 0 Å². The van der Waals surface area contributed by atoms with Crippen LogP contribution in [0.1, 0.15) is 10.5 Å². The highest BCUT2D eigenvalue weighted by Crippen LogP contribution is 2.28. The molecule has 0 saturated heterocycles. The number of hydrogen-bond acceptors (Lipinski definition) is 4. The Hall–Kier alpha value is -2.62. The van der Waals surface area contributed by atoms with Crippen LogP contribution in [0, 0.1) is 0 Å². The lowest BCUT2D eigenvalue weighted by molar-refractivity contribution is -0.167. The van der Waals surface area contributed by atoms with Crippen LogP contribution in [0.4, 0.5) is 18.9 Å². The fraction of sp³-hybridized carbons (Fsp3) is 0.250. The zero-order chi connectivity index (χ0) is 16.5. The Morgan fingerprint density at radius 1 is 1.41 bits per heavy atom. The van der Waals surface area contributed by atoms with E-state index in [-0.39, 0.29) is 29.0 Å². The number of halogens is 3. The molecule has 0 spiro atoms. The largest absolute Gasteiger partial charge is 0.476 e. The zero-order valence-corrected chi connectivity index (χ0v) is 11.1. The Morgan fingerprint density at radius 2 is 2.09 bits per heavy atom. The minimum atomic E-state index is -5.07. The van der Waals surface area contributed by atoms with Gasteiger partial charge < -0.3 is 15.2 Å². The minimum Gasteiger partial charge on any atom is -0.476 e. The number of anilines is 1. The number of methoxy groups -OCH3 is 1. The maximum absolute atomic E-state index is 12.4. The van der Waals surface area contributed by atoms with Crippen molar-refractivity contribution >= 4 is 28.5 Å². The number of fused-ring (bicyclic) bond motifs is 1. The van der Waals surface area contributed by atoms with E-state index in [0.29, 0.717) is 0 Å². The van der Waals surface area contributed by atoms with E-state index in [1.165, 1.54) is 25.3 Å². The normalized spacial score (nSPS) is 11.6. The van der Waals surface area contributed by atoms with Crippen molar-refractivity contribution in [2.75, 3.05) is 12.4 Å². The summed E-state index contributed by atoms with van der Waals surface area (Å²) in [5.74, 6) is -3.51. The lowest BCUT2D eigenvalue weighted by Gasteiger charge is -2.10. The van der Waals surface area contributed by atoms with E-state index in [1.807, 2.05) is 0 Å². The van der Waals surface area contributed by atoms with Crippen LogP contribution in [0.25, 0.3) is 10.9 Å². The average Bonchev–Trinajstić information content (AvgIpc) is 2.78. The number of benzene rings is 1. The molecule has 0 atom stereocenters. The van der Waals surface area contributed by atoms with Gasteiger partial charge in [0.1, 0.15) is 6.73 Å². The molecule has 118 valence electrons. The number of carbonyl (C=O) groups is 2. The van der Waals surface area contributed by atoms with E-state index in [1.54, 1.807) is 5.32 Å². The van der Waals surface area contributed by atoms with Gasteiger partial charge in [-0.1, -0.05) is 12.1 Å². The predicted molar refractivity (Wildman–Crippen MR) is 68.4 cm³/mol. The monoisotopic (exact) mass is 317 g/mol. The van der Waals surface area contributed by atoms with Crippen LogP contribution < -0.4 is 5.32 Å². The highest BCUT2D eigenvalue weighted by Gasteiger charge is 2.39. The second kappa shape index (κ2) is 5.64. The van der Waals surface area contributed by atoms with E-state index in [4.69, 9.17) is 9.84 Å². The van der Waals surface area contributed by atoms with E-state index in [2.05, 4.69) is 5.10 Å². The molecule has 0 aliphatic carbocycles. The van der Waals surface area contributed by atoms with Crippen molar-refractivity contribution in [3.8, 4) is 0 Å². The number of para-hydroxylation sites is 1. The number of amides is 1. The third-order valence-electron chi connectivity index (χ3n) is 2.73. The molecule has 0 fully saturated rings. The summed E-state index contributed by atoms with van der Waals surface area (Å²) in [4.78, 5) is 22.2. The molecule has 0 unspecified atom stereocenters. The molecule has 2 aromatic rings. The topological polar surface area (TPSA) is 93.5 Å². The van der Waals surface area contributed by atoms with Gasteiger partial charge in [0.15, 0.2) is 5.69 Å².